The van der Waals surface area contributed by atoms with E-state index in [9.17, 15) is 4.79 Å². The Morgan fingerprint density at radius 1 is 1.17 bits per heavy atom. The monoisotopic (exact) mass is 334 g/mol. The first-order chi connectivity index (χ1) is 11.1. The summed E-state index contributed by atoms with van der Waals surface area (Å²) < 4.78 is 5.04. The van der Waals surface area contributed by atoms with Gasteiger partial charge in [-0.05, 0) is 22.6 Å². The van der Waals surface area contributed by atoms with E-state index in [0.717, 1.165) is 35.0 Å². The summed E-state index contributed by atoms with van der Waals surface area (Å²) in [7, 11) is 5.45. The Hall–Kier alpha value is -2.13. The molecule has 2 N–H and O–H groups in total. The highest BCUT2D eigenvalue weighted by molar-refractivity contribution is 7.99. The van der Waals surface area contributed by atoms with Gasteiger partial charge in [-0.15, -0.1) is 5.10 Å². The minimum absolute atomic E-state index is 0.00909. The second kappa shape index (κ2) is 6.55. The number of imidazole rings is 1. The third-order valence-electron chi connectivity index (χ3n) is 3.85. The van der Waals surface area contributed by atoms with Crippen LogP contribution in [0.1, 0.15) is 5.56 Å². The van der Waals surface area contributed by atoms with E-state index in [2.05, 4.69) is 33.0 Å². The molecule has 0 amide bonds. The van der Waals surface area contributed by atoms with Gasteiger partial charge in [0.1, 0.15) is 6.54 Å². The predicted octanol–water partition coefficient (Wildman–Crippen LogP) is -0.744. The number of aryl methyl sites for hydroxylation is 3. The Balaban J connectivity index is 1.56. The van der Waals surface area contributed by atoms with Crippen molar-refractivity contribution in [2.45, 2.75) is 11.7 Å². The zero-order chi connectivity index (χ0) is 16.4. The molecular formula is C14H20N7OS+. The topological polar surface area (TPSA) is 87.1 Å². The van der Waals surface area contributed by atoms with Gasteiger partial charge in [-0.25, -0.2) is 9.48 Å². The van der Waals surface area contributed by atoms with Crippen LogP contribution in [0.2, 0.25) is 0 Å². The van der Waals surface area contributed by atoms with Gasteiger partial charge in [0.2, 0.25) is 5.16 Å². The van der Waals surface area contributed by atoms with Crippen LogP contribution < -0.4 is 11.0 Å². The SMILES string of the molecule is Cn1nnnc1SCC[NH2+]Cc1ccc2c(c1)n(C)c(=O)n2C. The summed E-state index contributed by atoms with van der Waals surface area (Å²) in [5, 5.41) is 14.4. The largest absolute Gasteiger partial charge is 0.342 e. The molecule has 2 heterocycles. The van der Waals surface area contributed by atoms with E-state index in [0.29, 0.717) is 0 Å². The molecule has 0 unspecified atom stereocenters. The van der Waals surface area contributed by atoms with Crippen LogP contribution in [0.4, 0.5) is 0 Å². The molecule has 0 fully saturated rings. The molecule has 122 valence electrons. The van der Waals surface area contributed by atoms with Crippen LogP contribution in [0.15, 0.2) is 28.2 Å². The normalized spacial score (nSPS) is 11.4. The molecule has 1 aromatic carbocycles. The first-order valence-corrected chi connectivity index (χ1v) is 8.37. The number of thioether (sulfide) groups is 1. The van der Waals surface area contributed by atoms with E-state index in [-0.39, 0.29) is 5.69 Å². The van der Waals surface area contributed by atoms with Crippen molar-refractivity contribution >= 4 is 22.8 Å². The predicted molar refractivity (Wildman–Crippen MR) is 88.2 cm³/mol. The molecule has 2 aromatic heterocycles. The second-order valence-corrected chi connectivity index (χ2v) is 6.50. The van der Waals surface area contributed by atoms with Gasteiger partial charge in [-0.2, -0.15) is 0 Å². The van der Waals surface area contributed by atoms with Gasteiger partial charge in [-0.3, -0.25) is 9.13 Å². The van der Waals surface area contributed by atoms with Crippen molar-refractivity contribution in [2.75, 3.05) is 12.3 Å². The summed E-state index contributed by atoms with van der Waals surface area (Å²) in [6.45, 7) is 1.86. The highest BCUT2D eigenvalue weighted by Gasteiger charge is 2.09. The molecule has 8 nitrogen and oxygen atoms in total. The maximum atomic E-state index is 11.9. The van der Waals surface area contributed by atoms with Crippen molar-refractivity contribution in [3.05, 3.63) is 34.2 Å². The van der Waals surface area contributed by atoms with Gasteiger partial charge >= 0.3 is 5.69 Å². The number of aromatic nitrogens is 6. The molecule has 0 aliphatic carbocycles. The summed E-state index contributed by atoms with van der Waals surface area (Å²) in [4.78, 5) is 11.9. The fourth-order valence-corrected chi connectivity index (χ4v) is 3.31. The van der Waals surface area contributed by atoms with Crippen LogP contribution in [0.25, 0.3) is 11.0 Å². The number of benzene rings is 1. The molecule has 3 rings (SSSR count). The van der Waals surface area contributed by atoms with Crippen molar-refractivity contribution in [1.82, 2.24) is 29.3 Å². The third kappa shape index (κ3) is 3.15. The number of fused-ring (bicyclic) bond motifs is 1. The van der Waals surface area contributed by atoms with Gasteiger partial charge in [0.15, 0.2) is 0 Å². The Labute approximate surface area is 137 Å². The smallest absolute Gasteiger partial charge is 0.328 e. The molecule has 0 saturated heterocycles. The summed E-state index contributed by atoms with van der Waals surface area (Å²) in [5.74, 6) is 0.945. The molecule has 0 bridgehead atoms. The maximum Gasteiger partial charge on any atom is 0.328 e. The van der Waals surface area contributed by atoms with E-state index in [1.807, 2.05) is 20.2 Å². The minimum atomic E-state index is 0.00909. The summed E-state index contributed by atoms with van der Waals surface area (Å²) >= 11 is 1.65. The Morgan fingerprint density at radius 2 is 1.96 bits per heavy atom. The van der Waals surface area contributed by atoms with Gasteiger partial charge in [0.25, 0.3) is 0 Å². The third-order valence-corrected chi connectivity index (χ3v) is 4.89. The van der Waals surface area contributed by atoms with Crippen LogP contribution in [-0.4, -0.2) is 41.6 Å². The summed E-state index contributed by atoms with van der Waals surface area (Å²) in [6, 6.07) is 6.19. The fourth-order valence-electron chi connectivity index (χ4n) is 2.53. The number of rotatable bonds is 6. The zero-order valence-corrected chi connectivity index (χ0v) is 14.2. The number of nitrogens with two attached hydrogens (primary N) is 1. The molecule has 0 spiro atoms. The van der Waals surface area contributed by atoms with E-state index < -0.39 is 0 Å². The minimum Gasteiger partial charge on any atom is -0.342 e. The molecule has 0 atom stereocenters. The Morgan fingerprint density at radius 3 is 2.70 bits per heavy atom. The quantitative estimate of drug-likeness (QED) is 0.474. The summed E-state index contributed by atoms with van der Waals surface area (Å²) in [5.41, 5.74) is 3.16. The van der Waals surface area contributed by atoms with E-state index in [1.54, 1.807) is 32.6 Å². The molecule has 0 aliphatic rings. The maximum absolute atomic E-state index is 11.9. The van der Waals surface area contributed by atoms with E-state index in [1.165, 1.54) is 5.56 Å². The van der Waals surface area contributed by atoms with Crippen LogP contribution in [0.3, 0.4) is 0 Å². The highest BCUT2D eigenvalue weighted by Crippen LogP contribution is 2.13. The van der Waals surface area contributed by atoms with E-state index in [4.69, 9.17) is 0 Å². The van der Waals surface area contributed by atoms with Crippen molar-refractivity contribution in [2.24, 2.45) is 21.1 Å². The van der Waals surface area contributed by atoms with Gasteiger partial charge in [0, 0.05) is 26.7 Å². The summed E-state index contributed by atoms with van der Waals surface area (Å²) in [6.07, 6.45) is 0. The molecule has 23 heavy (non-hydrogen) atoms. The molecule has 3 aromatic rings. The van der Waals surface area contributed by atoms with Crippen molar-refractivity contribution in [3.8, 4) is 0 Å². The lowest BCUT2D eigenvalue weighted by Gasteiger charge is -2.03. The van der Waals surface area contributed by atoms with Gasteiger partial charge in [-0.1, -0.05) is 17.8 Å². The van der Waals surface area contributed by atoms with Crippen molar-refractivity contribution < 1.29 is 5.32 Å². The Bertz CT molecular complexity index is 879. The molecule has 0 saturated carbocycles. The number of quaternary nitrogens is 1. The van der Waals surface area contributed by atoms with Crippen LogP contribution in [0, 0.1) is 0 Å². The standard InChI is InChI=1S/C14H19N7OS/c1-19-11-5-4-10(8-12(11)20(2)14(19)22)9-15-6-7-23-13-16-17-18-21(13)3/h4-5,8,15H,6-7,9H2,1-3H3/p+1. The fraction of sp³-hybridized carbons (Fsp3) is 0.429. The first-order valence-electron chi connectivity index (χ1n) is 7.39. The van der Waals surface area contributed by atoms with Crippen LogP contribution in [0.5, 0.6) is 0 Å². The molecule has 9 heteroatoms. The lowest BCUT2D eigenvalue weighted by atomic mass is 10.2. The van der Waals surface area contributed by atoms with Gasteiger partial charge < -0.3 is 5.32 Å². The molecular weight excluding hydrogens is 314 g/mol. The lowest BCUT2D eigenvalue weighted by molar-refractivity contribution is -0.666. The lowest BCUT2D eigenvalue weighted by Crippen LogP contribution is -2.83. The average Bonchev–Trinajstić information content (AvgIpc) is 3.05. The van der Waals surface area contributed by atoms with Crippen LogP contribution >= 0.6 is 11.8 Å². The second-order valence-electron chi connectivity index (χ2n) is 5.44. The molecule has 0 radical (unpaired) electrons. The number of nitrogens with zero attached hydrogens (tertiary/aromatic N) is 6. The zero-order valence-electron chi connectivity index (χ0n) is 13.4. The van der Waals surface area contributed by atoms with Gasteiger partial charge in [0.05, 0.1) is 23.3 Å². The molecule has 0 aliphatic heterocycles. The highest BCUT2D eigenvalue weighted by atomic mass is 32.2. The average molecular weight is 334 g/mol. The first kappa shape index (κ1) is 15.8. The Kier molecular flexibility index (Phi) is 4.49. The number of tetrazole rings is 1. The van der Waals surface area contributed by atoms with Crippen molar-refractivity contribution in [3.63, 3.8) is 0 Å². The number of hydrogen-bond donors (Lipinski definition) is 1. The van der Waals surface area contributed by atoms with Crippen LogP contribution in [-0.2, 0) is 27.7 Å². The van der Waals surface area contributed by atoms with E-state index >= 15 is 0 Å². The number of hydrogen-bond acceptors (Lipinski definition) is 5. The van der Waals surface area contributed by atoms with Crippen molar-refractivity contribution in [1.29, 1.82) is 0 Å².